The van der Waals surface area contributed by atoms with Crippen molar-refractivity contribution in [1.82, 2.24) is 10.2 Å². The summed E-state index contributed by atoms with van der Waals surface area (Å²) in [6, 6.07) is 7.39. The Hall–Kier alpha value is -1.53. The monoisotopic (exact) mass is 286 g/mol. The molecule has 1 aromatic heterocycles. The van der Waals surface area contributed by atoms with Gasteiger partial charge in [0.1, 0.15) is 11.3 Å². The van der Waals surface area contributed by atoms with Gasteiger partial charge in [0.15, 0.2) is 0 Å². The van der Waals surface area contributed by atoms with Crippen molar-refractivity contribution < 1.29 is 17.6 Å². The predicted octanol–water partition coefficient (Wildman–Crippen LogP) is 3.15. The third-order valence-corrected chi connectivity index (χ3v) is 3.00. The number of alkyl halides is 3. The van der Waals surface area contributed by atoms with Gasteiger partial charge in [-0.3, -0.25) is 4.90 Å². The lowest BCUT2D eigenvalue weighted by molar-refractivity contribution is -0.144. The van der Waals surface area contributed by atoms with Crippen molar-refractivity contribution >= 4 is 11.0 Å². The first-order valence-corrected chi connectivity index (χ1v) is 6.30. The summed E-state index contributed by atoms with van der Waals surface area (Å²) in [6.07, 6.45) is -4.20. The van der Waals surface area contributed by atoms with E-state index in [1.54, 1.807) is 7.05 Å². The van der Waals surface area contributed by atoms with Gasteiger partial charge in [-0.25, -0.2) is 0 Å². The molecule has 0 aliphatic carbocycles. The summed E-state index contributed by atoms with van der Waals surface area (Å²) >= 11 is 0. The van der Waals surface area contributed by atoms with Crippen LogP contribution >= 0.6 is 0 Å². The largest absolute Gasteiger partial charge is 0.459 e. The van der Waals surface area contributed by atoms with Crippen LogP contribution in [0.15, 0.2) is 28.7 Å². The fourth-order valence-corrected chi connectivity index (χ4v) is 2.26. The number of fused-ring (bicyclic) bond motifs is 1. The van der Waals surface area contributed by atoms with Crippen LogP contribution in [-0.2, 0) is 13.1 Å². The van der Waals surface area contributed by atoms with Crippen molar-refractivity contribution in [3.63, 3.8) is 0 Å². The Bertz CT molecular complexity index is 577. The molecular formula is C14H17F3N2O. The molecule has 0 aliphatic rings. The number of nitrogens with zero attached hydrogens (tertiary/aromatic N) is 1. The Morgan fingerprint density at radius 1 is 1.25 bits per heavy atom. The third-order valence-electron chi connectivity index (χ3n) is 3.00. The number of nitrogens with one attached hydrogen (secondary N) is 1. The summed E-state index contributed by atoms with van der Waals surface area (Å²) in [5.74, 6) is 0.683. The molecule has 3 nitrogen and oxygen atoms in total. The lowest BCUT2D eigenvalue weighted by Gasteiger charge is -2.18. The molecule has 0 spiro atoms. The van der Waals surface area contributed by atoms with Crippen LogP contribution in [0.25, 0.3) is 11.0 Å². The van der Waals surface area contributed by atoms with Gasteiger partial charge in [-0.05, 0) is 20.2 Å². The van der Waals surface area contributed by atoms with Gasteiger partial charge in [0.2, 0.25) is 0 Å². The average molecular weight is 286 g/mol. The van der Waals surface area contributed by atoms with Gasteiger partial charge >= 0.3 is 6.18 Å². The first-order chi connectivity index (χ1) is 9.40. The zero-order valence-corrected chi connectivity index (χ0v) is 11.4. The van der Waals surface area contributed by atoms with Crippen LogP contribution in [0.2, 0.25) is 0 Å². The van der Waals surface area contributed by atoms with Crippen molar-refractivity contribution in [2.75, 3.05) is 20.6 Å². The molecule has 2 aromatic rings. The minimum Gasteiger partial charge on any atom is -0.459 e. The highest BCUT2D eigenvalue weighted by Gasteiger charge is 2.29. The van der Waals surface area contributed by atoms with E-state index in [-0.39, 0.29) is 6.54 Å². The normalized spacial score (nSPS) is 12.5. The Morgan fingerprint density at radius 2 is 1.95 bits per heavy atom. The topological polar surface area (TPSA) is 28.4 Å². The van der Waals surface area contributed by atoms with E-state index in [0.717, 1.165) is 10.9 Å². The third kappa shape index (κ3) is 3.52. The maximum atomic E-state index is 12.4. The first-order valence-electron chi connectivity index (χ1n) is 6.30. The van der Waals surface area contributed by atoms with Crippen LogP contribution in [0, 0.1) is 0 Å². The van der Waals surface area contributed by atoms with Gasteiger partial charge < -0.3 is 9.73 Å². The number of benzene rings is 1. The Labute approximate surface area is 115 Å². The quantitative estimate of drug-likeness (QED) is 0.915. The van der Waals surface area contributed by atoms with Gasteiger partial charge in [0, 0.05) is 17.5 Å². The second-order valence-corrected chi connectivity index (χ2v) is 4.82. The van der Waals surface area contributed by atoms with Crippen LogP contribution in [0.1, 0.15) is 11.3 Å². The minimum absolute atomic E-state index is 0.202. The molecule has 0 unspecified atom stereocenters. The van der Waals surface area contributed by atoms with Crippen molar-refractivity contribution in [1.29, 1.82) is 0 Å². The number of hydrogen-bond acceptors (Lipinski definition) is 3. The van der Waals surface area contributed by atoms with Gasteiger partial charge in [0.05, 0.1) is 13.1 Å². The van der Waals surface area contributed by atoms with Crippen LogP contribution in [0.4, 0.5) is 13.2 Å². The predicted molar refractivity (Wildman–Crippen MR) is 71.4 cm³/mol. The summed E-state index contributed by atoms with van der Waals surface area (Å²) < 4.78 is 43.0. The molecule has 0 atom stereocenters. The summed E-state index contributed by atoms with van der Waals surface area (Å²) in [6.45, 7) is -0.247. The summed E-state index contributed by atoms with van der Waals surface area (Å²) in [7, 11) is 3.23. The molecule has 20 heavy (non-hydrogen) atoms. The number of rotatable bonds is 5. The second kappa shape index (κ2) is 5.85. The maximum Gasteiger partial charge on any atom is 0.401 e. The van der Waals surface area contributed by atoms with E-state index >= 15 is 0 Å². The van der Waals surface area contributed by atoms with Crippen molar-refractivity contribution in [3.05, 3.63) is 35.6 Å². The van der Waals surface area contributed by atoms with Crippen LogP contribution in [-0.4, -0.2) is 31.7 Å². The van der Waals surface area contributed by atoms with Crippen molar-refractivity contribution in [2.24, 2.45) is 0 Å². The van der Waals surface area contributed by atoms with Gasteiger partial charge in [-0.2, -0.15) is 13.2 Å². The number of halogens is 3. The number of para-hydroxylation sites is 1. The molecule has 0 saturated heterocycles. The highest BCUT2D eigenvalue weighted by Crippen LogP contribution is 2.27. The van der Waals surface area contributed by atoms with Gasteiger partial charge in [-0.15, -0.1) is 0 Å². The molecule has 1 heterocycles. The molecule has 1 N–H and O–H groups in total. The van der Waals surface area contributed by atoms with Gasteiger partial charge in [0.25, 0.3) is 0 Å². The molecule has 0 amide bonds. The second-order valence-electron chi connectivity index (χ2n) is 4.82. The van der Waals surface area contributed by atoms with E-state index in [4.69, 9.17) is 4.42 Å². The molecule has 0 bridgehead atoms. The zero-order valence-electron chi connectivity index (χ0n) is 11.4. The highest BCUT2D eigenvalue weighted by molar-refractivity contribution is 5.82. The van der Waals surface area contributed by atoms with E-state index < -0.39 is 12.7 Å². The molecule has 0 fully saturated rings. The number of furan rings is 1. The molecule has 6 heteroatoms. The van der Waals surface area contributed by atoms with Crippen molar-refractivity contribution in [3.8, 4) is 0 Å². The van der Waals surface area contributed by atoms with Crippen LogP contribution in [0.3, 0.4) is 0 Å². The van der Waals surface area contributed by atoms with E-state index in [1.807, 2.05) is 24.3 Å². The fourth-order valence-electron chi connectivity index (χ4n) is 2.26. The lowest BCUT2D eigenvalue weighted by atomic mass is 10.1. The van der Waals surface area contributed by atoms with Crippen LogP contribution < -0.4 is 5.32 Å². The Morgan fingerprint density at radius 3 is 2.60 bits per heavy atom. The molecule has 110 valence electrons. The Kier molecular flexibility index (Phi) is 4.35. The SMILES string of the molecule is CNCc1oc2ccccc2c1CN(C)CC(F)(F)F. The first kappa shape index (κ1) is 14.9. The maximum absolute atomic E-state index is 12.4. The lowest BCUT2D eigenvalue weighted by Crippen LogP contribution is -2.30. The molecule has 0 saturated carbocycles. The summed E-state index contributed by atoms with van der Waals surface area (Å²) in [4.78, 5) is 1.25. The molecular weight excluding hydrogens is 269 g/mol. The van der Waals surface area contributed by atoms with E-state index in [9.17, 15) is 13.2 Å². The Balaban J connectivity index is 2.29. The molecule has 1 aromatic carbocycles. The van der Waals surface area contributed by atoms with E-state index in [1.165, 1.54) is 11.9 Å². The highest BCUT2D eigenvalue weighted by atomic mass is 19.4. The smallest absolute Gasteiger partial charge is 0.401 e. The molecule has 0 aliphatic heterocycles. The standard InChI is InChI=1S/C14H17F3N2O/c1-18-7-13-11(8-19(2)9-14(15,16)17)10-5-3-4-6-12(10)20-13/h3-6,18H,7-9H2,1-2H3. The van der Waals surface area contributed by atoms with E-state index in [0.29, 0.717) is 17.9 Å². The zero-order chi connectivity index (χ0) is 14.8. The molecule has 2 rings (SSSR count). The molecule has 0 radical (unpaired) electrons. The fraction of sp³-hybridized carbons (Fsp3) is 0.429. The average Bonchev–Trinajstić information content (AvgIpc) is 2.66. The number of hydrogen-bond donors (Lipinski definition) is 1. The summed E-state index contributed by atoms with van der Waals surface area (Å²) in [5.41, 5.74) is 1.51. The van der Waals surface area contributed by atoms with Gasteiger partial charge in [-0.1, -0.05) is 18.2 Å². The van der Waals surface area contributed by atoms with Crippen molar-refractivity contribution in [2.45, 2.75) is 19.3 Å². The van der Waals surface area contributed by atoms with E-state index in [2.05, 4.69) is 5.32 Å². The minimum atomic E-state index is -4.20. The van der Waals surface area contributed by atoms with Crippen LogP contribution in [0.5, 0.6) is 0 Å². The summed E-state index contributed by atoms with van der Waals surface area (Å²) in [5, 5.41) is 3.84.